The highest BCUT2D eigenvalue weighted by Gasteiger charge is 2.10. The maximum Gasteiger partial charge on any atom is 0.0534 e. The number of aromatic nitrogens is 1. The average Bonchev–Trinajstić information content (AvgIpc) is 2.94. The lowest BCUT2D eigenvalue weighted by Crippen LogP contribution is -2.02. The van der Waals surface area contributed by atoms with Crippen LogP contribution in [0.3, 0.4) is 0 Å². The second-order valence-electron chi connectivity index (χ2n) is 5.58. The molecule has 0 aliphatic rings. The van der Waals surface area contributed by atoms with Crippen molar-refractivity contribution in [2.45, 2.75) is 6.42 Å². The number of rotatable bonds is 3. The van der Waals surface area contributed by atoms with E-state index < -0.39 is 0 Å². The van der Waals surface area contributed by atoms with Gasteiger partial charge in [-0.25, -0.2) is 0 Å². The number of hydrogen-bond donors (Lipinski definition) is 1. The summed E-state index contributed by atoms with van der Waals surface area (Å²) in [5.74, 6) is 0. The minimum absolute atomic E-state index is 0.670. The maximum atomic E-state index is 5.78. The number of nitrogens with zero attached hydrogens (tertiary/aromatic N) is 1. The molecule has 0 aliphatic carbocycles. The Balaban J connectivity index is 2.04. The van der Waals surface area contributed by atoms with Gasteiger partial charge in [0, 0.05) is 17.0 Å². The summed E-state index contributed by atoms with van der Waals surface area (Å²) >= 11 is 0. The Bertz CT molecular complexity index is 945. The van der Waals surface area contributed by atoms with Gasteiger partial charge in [-0.2, -0.15) is 0 Å². The predicted octanol–water partition coefficient (Wildman–Crippen LogP) is 4.28. The monoisotopic (exact) mass is 286 g/mol. The maximum absolute atomic E-state index is 5.78. The molecule has 4 rings (SSSR count). The number of para-hydroxylation sites is 1. The third-order valence-corrected chi connectivity index (χ3v) is 4.23. The van der Waals surface area contributed by atoms with Gasteiger partial charge < -0.3 is 10.3 Å². The number of nitrogens with two attached hydrogens (primary N) is 1. The largest absolute Gasteiger partial charge is 0.330 e. The van der Waals surface area contributed by atoms with Crippen LogP contribution in [0.15, 0.2) is 72.9 Å². The molecule has 2 N–H and O–H groups in total. The zero-order valence-electron chi connectivity index (χ0n) is 12.4. The van der Waals surface area contributed by atoms with E-state index >= 15 is 0 Å². The molecule has 2 heteroatoms. The first-order chi connectivity index (χ1) is 10.9. The first-order valence-electron chi connectivity index (χ1n) is 7.65. The van der Waals surface area contributed by atoms with Crippen LogP contribution in [0, 0.1) is 0 Å². The number of hydrogen-bond acceptors (Lipinski definition) is 1. The fourth-order valence-corrected chi connectivity index (χ4v) is 3.22. The molecule has 0 radical (unpaired) electrons. The van der Waals surface area contributed by atoms with Gasteiger partial charge in [0.05, 0.1) is 11.2 Å². The van der Waals surface area contributed by atoms with E-state index in [0.29, 0.717) is 6.54 Å². The number of benzene rings is 3. The first-order valence-corrected chi connectivity index (χ1v) is 7.65. The van der Waals surface area contributed by atoms with Crippen molar-refractivity contribution >= 4 is 21.7 Å². The van der Waals surface area contributed by atoms with Crippen molar-refractivity contribution in [2.75, 3.05) is 6.54 Å². The van der Waals surface area contributed by atoms with Gasteiger partial charge in [-0.05, 0) is 36.0 Å². The van der Waals surface area contributed by atoms with Crippen molar-refractivity contribution in [1.82, 2.24) is 4.57 Å². The first kappa shape index (κ1) is 13.1. The van der Waals surface area contributed by atoms with Crippen molar-refractivity contribution in [3.63, 3.8) is 0 Å². The van der Waals surface area contributed by atoms with Crippen LogP contribution in [0.1, 0.15) is 5.56 Å². The van der Waals surface area contributed by atoms with E-state index in [9.17, 15) is 0 Å². The van der Waals surface area contributed by atoms with E-state index in [4.69, 9.17) is 5.73 Å². The van der Waals surface area contributed by atoms with Gasteiger partial charge in [0.25, 0.3) is 0 Å². The fourth-order valence-electron chi connectivity index (χ4n) is 3.22. The molecule has 0 saturated heterocycles. The Kier molecular flexibility index (Phi) is 3.17. The van der Waals surface area contributed by atoms with Crippen LogP contribution in [-0.2, 0) is 6.42 Å². The molecule has 0 atom stereocenters. The Hall–Kier alpha value is -2.58. The quantitative estimate of drug-likeness (QED) is 0.598. The summed E-state index contributed by atoms with van der Waals surface area (Å²) in [6.07, 6.45) is 3.14. The molecule has 108 valence electrons. The van der Waals surface area contributed by atoms with Crippen molar-refractivity contribution in [2.24, 2.45) is 5.73 Å². The van der Waals surface area contributed by atoms with E-state index in [-0.39, 0.29) is 0 Å². The van der Waals surface area contributed by atoms with Gasteiger partial charge in [-0.3, -0.25) is 0 Å². The standard InChI is InChI=1S/C20H18N2/c21-13-12-16-14-22(19-10-4-3-9-18(16)19)20-11-5-7-15-6-1-2-8-17(15)20/h1-11,14H,12-13,21H2. The highest BCUT2D eigenvalue weighted by atomic mass is 15.0. The molecule has 3 aromatic carbocycles. The number of fused-ring (bicyclic) bond motifs is 2. The summed E-state index contributed by atoms with van der Waals surface area (Å²) in [4.78, 5) is 0. The third-order valence-electron chi connectivity index (χ3n) is 4.23. The highest BCUT2D eigenvalue weighted by molar-refractivity contribution is 5.94. The SMILES string of the molecule is NCCc1cn(-c2cccc3ccccc23)c2ccccc12. The normalized spacial score (nSPS) is 11.3. The lowest BCUT2D eigenvalue weighted by atomic mass is 10.1. The zero-order valence-corrected chi connectivity index (χ0v) is 12.4. The van der Waals surface area contributed by atoms with Crippen molar-refractivity contribution < 1.29 is 0 Å². The molecule has 0 fully saturated rings. The average molecular weight is 286 g/mol. The predicted molar refractivity (Wildman–Crippen MR) is 93.5 cm³/mol. The molecule has 0 spiro atoms. The molecule has 0 unspecified atom stereocenters. The van der Waals surface area contributed by atoms with Gasteiger partial charge in [-0.1, -0.05) is 54.6 Å². The van der Waals surface area contributed by atoms with Crippen LogP contribution in [0.4, 0.5) is 0 Å². The molecule has 0 amide bonds. The zero-order chi connectivity index (χ0) is 14.9. The molecular weight excluding hydrogens is 268 g/mol. The molecular formula is C20H18N2. The van der Waals surface area contributed by atoms with Gasteiger partial charge in [0.15, 0.2) is 0 Å². The summed E-state index contributed by atoms with van der Waals surface area (Å²) in [6, 6.07) is 23.5. The molecule has 2 nitrogen and oxygen atoms in total. The van der Waals surface area contributed by atoms with Crippen LogP contribution >= 0.6 is 0 Å². The van der Waals surface area contributed by atoms with Crippen molar-refractivity contribution in [3.05, 3.63) is 78.5 Å². The van der Waals surface area contributed by atoms with Gasteiger partial charge in [-0.15, -0.1) is 0 Å². The lowest BCUT2D eigenvalue weighted by molar-refractivity contribution is 0.968. The van der Waals surface area contributed by atoms with E-state index in [1.54, 1.807) is 0 Å². The molecule has 0 bridgehead atoms. The second kappa shape index (κ2) is 5.32. The Morgan fingerprint density at radius 3 is 2.36 bits per heavy atom. The Labute approximate surface area is 129 Å². The summed E-state index contributed by atoms with van der Waals surface area (Å²) in [6.45, 7) is 0.670. The van der Waals surface area contributed by atoms with E-state index in [1.807, 2.05) is 0 Å². The fraction of sp³-hybridized carbons (Fsp3) is 0.100. The van der Waals surface area contributed by atoms with Gasteiger partial charge in [0.2, 0.25) is 0 Å². The topological polar surface area (TPSA) is 30.9 Å². The summed E-state index contributed by atoms with van der Waals surface area (Å²) in [5, 5.41) is 3.82. The van der Waals surface area contributed by atoms with Crippen LogP contribution in [0.25, 0.3) is 27.4 Å². The summed E-state index contributed by atoms with van der Waals surface area (Å²) < 4.78 is 2.29. The van der Waals surface area contributed by atoms with E-state index in [2.05, 4.69) is 77.5 Å². The molecule has 1 aromatic heterocycles. The van der Waals surface area contributed by atoms with E-state index in [0.717, 1.165) is 6.42 Å². The van der Waals surface area contributed by atoms with Crippen LogP contribution in [0.2, 0.25) is 0 Å². The molecule has 1 heterocycles. The molecule has 4 aromatic rings. The summed E-state index contributed by atoms with van der Waals surface area (Å²) in [5.41, 5.74) is 9.55. The van der Waals surface area contributed by atoms with Crippen molar-refractivity contribution in [3.8, 4) is 5.69 Å². The summed E-state index contributed by atoms with van der Waals surface area (Å²) in [7, 11) is 0. The van der Waals surface area contributed by atoms with Crippen LogP contribution < -0.4 is 5.73 Å². The lowest BCUT2D eigenvalue weighted by Gasteiger charge is -2.09. The molecule has 0 saturated carbocycles. The van der Waals surface area contributed by atoms with Gasteiger partial charge in [0.1, 0.15) is 0 Å². The highest BCUT2D eigenvalue weighted by Crippen LogP contribution is 2.29. The van der Waals surface area contributed by atoms with Gasteiger partial charge >= 0.3 is 0 Å². The molecule has 0 aliphatic heterocycles. The minimum atomic E-state index is 0.670. The van der Waals surface area contributed by atoms with Crippen molar-refractivity contribution in [1.29, 1.82) is 0 Å². The Morgan fingerprint density at radius 2 is 1.50 bits per heavy atom. The third kappa shape index (κ3) is 2.00. The Morgan fingerprint density at radius 1 is 0.773 bits per heavy atom. The molecule has 22 heavy (non-hydrogen) atoms. The van der Waals surface area contributed by atoms with Crippen LogP contribution in [0.5, 0.6) is 0 Å². The second-order valence-corrected chi connectivity index (χ2v) is 5.58. The minimum Gasteiger partial charge on any atom is -0.330 e. The van der Waals surface area contributed by atoms with E-state index in [1.165, 1.54) is 32.9 Å². The smallest absolute Gasteiger partial charge is 0.0534 e. The van der Waals surface area contributed by atoms with Crippen LogP contribution in [-0.4, -0.2) is 11.1 Å².